The summed E-state index contributed by atoms with van der Waals surface area (Å²) in [5.74, 6) is 0.447. The molecule has 200 valence electrons. The second kappa shape index (κ2) is 10.6. The molecule has 1 aliphatic rings. The van der Waals surface area contributed by atoms with E-state index in [1.54, 1.807) is 24.3 Å². The average Bonchev–Trinajstić information content (AvgIpc) is 3.40. The van der Waals surface area contributed by atoms with Crippen LogP contribution in [0.4, 0.5) is 0 Å². The second-order valence-electron chi connectivity index (χ2n) is 7.80. The summed E-state index contributed by atoms with van der Waals surface area (Å²) in [6.07, 6.45) is -4.15. The molecule has 1 saturated heterocycles. The number of aliphatic hydroxyl groups excluding tert-OH is 2. The molecule has 1 aliphatic heterocycles. The van der Waals surface area contributed by atoms with E-state index >= 15 is 0 Å². The highest BCUT2D eigenvalue weighted by Crippen LogP contribution is 2.57. The molecule has 0 bridgehead atoms. The fraction of sp³-hybridized carbons (Fsp3) is 0.316. The number of aliphatic hydroxyl groups is 2. The summed E-state index contributed by atoms with van der Waals surface area (Å²) in [6, 6.07) is 9.97. The Hall–Kier alpha value is -2.75. The number of oxazole rings is 1. The van der Waals surface area contributed by atoms with Gasteiger partial charge in [-0.2, -0.15) is 4.31 Å². The maximum absolute atomic E-state index is 13.1. The standard InChI is InChI=1S/C19H21N3O13P2/c23-15-6-7-21(18-17(25)16(24)13(34-18)10-32-37(30,31)35-36(27,28)29)19(26)22(15)9-14-20-8-12(33-14)11-4-2-1-3-5-11/h1-8,13,16-18,24-25H,9-10H2,(H,30,31)(H2,27,28,29)/t13-,16?,17?,18-/m1/s1. The minimum Gasteiger partial charge on any atom is -0.439 e. The van der Waals surface area contributed by atoms with Crippen molar-refractivity contribution in [1.29, 1.82) is 0 Å². The highest BCUT2D eigenvalue weighted by molar-refractivity contribution is 7.60. The highest BCUT2D eigenvalue weighted by atomic mass is 31.3. The Labute approximate surface area is 206 Å². The van der Waals surface area contributed by atoms with E-state index in [4.69, 9.17) is 18.9 Å². The first-order valence-electron chi connectivity index (χ1n) is 10.4. The summed E-state index contributed by atoms with van der Waals surface area (Å²) in [5.41, 5.74) is -0.950. The summed E-state index contributed by atoms with van der Waals surface area (Å²) in [6.45, 7) is -1.31. The Morgan fingerprint density at radius 3 is 2.41 bits per heavy atom. The van der Waals surface area contributed by atoms with Gasteiger partial charge in [-0.1, -0.05) is 30.3 Å². The van der Waals surface area contributed by atoms with E-state index in [-0.39, 0.29) is 12.4 Å². The van der Waals surface area contributed by atoms with Crippen LogP contribution in [0, 0.1) is 0 Å². The van der Waals surface area contributed by atoms with E-state index in [9.17, 15) is 33.8 Å². The zero-order valence-electron chi connectivity index (χ0n) is 18.6. The highest BCUT2D eigenvalue weighted by Gasteiger charge is 2.46. The summed E-state index contributed by atoms with van der Waals surface area (Å²) in [4.78, 5) is 56.2. The van der Waals surface area contributed by atoms with Crippen molar-refractivity contribution in [3.63, 3.8) is 0 Å². The minimum atomic E-state index is -5.38. The molecule has 4 rings (SSSR count). The molecule has 1 aromatic carbocycles. The van der Waals surface area contributed by atoms with Crippen LogP contribution in [0.15, 0.2) is 62.8 Å². The number of hydrogen-bond acceptors (Lipinski definition) is 11. The molecule has 1 fully saturated rings. The summed E-state index contributed by atoms with van der Waals surface area (Å²) in [5, 5.41) is 20.7. The Morgan fingerprint density at radius 2 is 1.73 bits per heavy atom. The van der Waals surface area contributed by atoms with Crippen molar-refractivity contribution >= 4 is 15.6 Å². The molecular formula is C19H21N3O13P2. The molecule has 0 radical (unpaired) electrons. The molecule has 2 aromatic heterocycles. The Balaban J connectivity index is 1.52. The third kappa shape index (κ3) is 6.40. The maximum atomic E-state index is 13.1. The van der Waals surface area contributed by atoms with Gasteiger partial charge in [0.15, 0.2) is 12.0 Å². The molecule has 3 heterocycles. The number of phosphoric acid groups is 2. The molecular weight excluding hydrogens is 540 g/mol. The van der Waals surface area contributed by atoms with Gasteiger partial charge < -0.3 is 34.0 Å². The molecule has 0 amide bonds. The van der Waals surface area contributed by atoms with Crippen molar-refractivity contribution in [3.8, 4) is 11.3 Å². The summed E-state index contributed by atoms with van der Waals surface area (Å²) >= 11 is 0. The Kier molecular flexibility index (Phi) is 7.78. The number of ether oxygens (including phenoxy) is 1. The molecule has 5 N–H and O–H groups in total. The van der Waals surface area contributed by atoms with Crippen LogP contribution in [-0.2, 0) is 29.2 Å². The van der Waals surface area contributed by atoms with Gasteiger partial charge in [-0.25, -0.2) is 18.9 Å². The van der Waals surface area contributed by atoms with Crippen LogP contribution in [0.2, 0.25) is 0 Å². The lowest BCUT2D eigenvalue weighted by Gasteiger charge is -2.18. The van der Waals surface area contributed by atoms with Crippen LogP contribution in [-0.4, -0.2) is 63.9 Å². The van der Waals surface area contributed by atoms with Crippen LogP contribution in [0.5, 0.6) is 0 Å². The fourth-order valence-electron chi connectivity index (χ4n) is 3.55. The first-order valence-corrected chi connectivity index (χ1v) is 13.5. The quantitative estimate of drug-likeness (QED) is 0.208. The lowest BCUT2D eigenvalue weighted by molar-refractivity contribution is -0.0548. The van der Waals surface area contributed by atoms with Gasteiger partial charge in [0.2, 0.25) is 5.89 Å². The smallest absolute Gasteiger partial charge is 0.439 e. The molecule has 18 heteroatoms. The molecule has 0 aliphatic carbocycles. The molecule has 0 spiro atoms. The number of rotatable bonds is 9. The van der Waals surface area contributed by atoms with Crippen LogP contribution >= 0.6 is 15.6 Å². The predicted molar refractivity (Wildman–Crippen MR) is 121 cm³/mol. The lowest BCUT2D eigenvalue weighted by atomic mass is 10.1. The van der Waals surface area contributed by atoms with Gasteiger partial charge in [0.25, 0.3) is 5.56 Å². The normalized spacial score (nSPS) is 23.7. The van der Waals surface area contributed by atoms with Crippen LogP contribution in [0.25, 0.3) is 11.3 Å². The lowest BCUT2D eigenvalue weighted by Crippen LogP contribution is -2.43. The molecule has 3 aromatic rings. The number of benzene rings is 1. The van der Waals surface area contributed by atoms with E-state index in [0.29, 0.717) is 5.76 Å². The van der Waals surface area contributed by atoms with Gasteiger partial charge in [-0.05, 0) is 0 Å². The molecule has 3 unspecified atom stereocenters. The van der Waals surface area contributed by atoms with Crippen LogP contribution in [0.1, 0.15) is 12.1 Å². The van der Waals surface area contributed by atoms with Crippen LogP contribution in [0.3, 0.4) is 0 Å². The number of aromatic nitrogens is 3. The molecule has 5 atom stereocenters. The van der Waals surface area contributed by atoms with Crippen molar-refractivity contribution in [2.75, 3.05) is 6.61 Å². The van der Waals surface area contributed by atoms with Gasteiger partial charge in [0.1, 0.15) is 24.9 Å². The van der Waals surface area contributed by atoms with Gasteiger partial charge >= 0.3 is 21.3 Å². The number of nitrogens with zero attached hydrogens (tertiary/aromatic N) is 3. The summed E-state index contributed by atoms with van der Waals surface area (Å²) < 4.78 is 43.0. The van der Waals surface area contributed by atoms with E-state index in [0.717, 1.165) is 27.0 Å². The van der Waals surface area contributed by atoms with Gasteiger partial charge in [0.05, 0.1) is 12.8 Å². The van der Waals surface area contributed by atoms with Crippen molar-refractivity contribution in [2.45, 2.75) is 31.1 Å². The van der Waals surface area contributed by atoms with Crippen molar-refractivity contribution in [1.82, 2.24) is 14.1 Å². The zero-order chi connectivity index (χ0) is 27.0. The first-order chi connectivity index (χ1) is 17.3. The Morgan fingerprint density at radius 1 is 1.03 bits per heavy atom. The van der Waals surface area contributed by atoms with Gasteiger partial charge in [0, 0.05) is 17.8 Å². The number of phosphoric ester groups is 1. The van der Waals surface area contributed by atoms with Gasteiger partial charge in [-0.3, -0.25) is 18.5 Å². The topological polar surface area (TPSA) is 233 Å². The predicted octanol–water partition coefficient (Wildman–Crippen LogP) is -0.441. The summed E-state index contributed by atoms with van der Waals surface area (Å²) in [7, 11) is -10.6. The minimum absolute atomic E-state index is 0.0405. The zero-order valence-corrected chi connectivity index (χ0v) is 20.4. The van der Waals surface area contributed by atoms with E-state index in [1.165, 1.54) is 6.20 Å². The third-order valence-corrected chi connectivity index (χ3v) is 7.38. The third-order valence-electron chi connectivity index (χ3n) is 5.22. The molecule has 0 saturated carbocycles. The van der Waals surface area contributed by atoms with E-state index in [2.05, 4.69) is 13.8 Å². The average molecular weight is 561 g/mol. The van der Waals surface area contributed by atoms with E-state index < -0.39 is 58.0 Å². The van der Waals surface area contributed by atoms with Gasteiger partial charge in [-0.15, -0.1) is 0 Å². The van der Waals surface area contributed by atoms with Crippen molar-refractivity contribution in [2.24, 2.45) is 0 Å². The fourth-order valence-corrected chi connectivity index (χ4v) is 5.15. The Bertz CT molecular complexity index is 1460. The monoisotopic (exact) mass is 561 g/mol. The first kappa shape index (κ1) is 27.3. The van der Waals surface area contributed by atoms with Crippen molar-refractivity contribution in [3.05, 3.63) is 75.5 Å². The largest absolute Gasteiger partial charge is 0.481 e. The van der Waals surface area contributed by atoms with E-state index in [1.807, 2.05) is 6.07 Å². The molecule has 16 nitrogen and oxygen atoms in total. The second-order valence-corrected chi connectivity index (χ2v) is 10.6. The molecule has 37 heavy (non-hydrogen) atoms. The van der Waals surface area contributed by atoms with Crippen molar-refractivity contribution < 1.29 is 52.0 Å². The maximum Gasteiger partial charge on any atom is 0.481 e. The SMILES string of the molecule is O=c1ccn([C@@H]2O[C@H](COP(=O)(O)OP(=O)(O)O)C(O)C2O)c(=O)n1Cc1ncc(-c2ccccc2)o1. The number of hydrogen-bond donors (Lipinski definition) is 5. The van der Waals surface area contributed by atoms with Crippen LogP contribution < -0.4 is 11.2 Å².